The van der Waals surface area contributed by atoms with Crippen molar-refractivity contribution in [2.45, 2.75) is 0 Å². The Bertz CT molecular complexity index is 264. The van der Waals surface area contributed by atoms with E-state index in [0.717, 1.165) is 6.54 Å². The number of likely N-dealkylation sites (N-methyl/N-ethyl adjacent to an activating group) is 1. The van der Waals surface area contributed by atoms with E-state index < -0.39 is 0 Å². The van der Waals surface area contributed by atoms with Crippen LogP contribution < -0.4 is 10.5 Å². The molecule has 0 atom stereocenters. The van der Waals surface area contributed by atoms with Gasteiger partial charge in [-0.2, -0.15) is 0 Å². The van der Waals surface area contributed by atoms with Gasteiger partial charge in [0.2, 0.25) is 0 Å². The first kappa shape index (κ1) is 9.73. The summed E-state index contributed by atoms with van der Waals surface area (Å²) in [6.45, 7) is 1.39. The molecule has 1 rings (SSSR count). The predicted octanol–water partition coefficient (Wildman–Crippen LogP) is -0.000800. The maximum Gasteiger partial charge on any atom is 0.257 e. The van der Waals surface area contributed by atoms with Gasteiger partial charge in [0.15, 0.2) is 5.82 Å². The quantitative estimate of drug-likeness (QED) is 0.710. The molecule has 0 spiro atoms. The van der Waals surface area contributed by atoms with Gasteiger partial charge in [-0.05, 0) is 14.1 Å². The first-order chi connectivity index (χ1) is 6.20. The summed E-state index contributed by atoms with van der Waals surface area (Å²) < 4.78 is 5.31. The number of hydrogen-bond donors (Lipinski definition) is 1. The van der Waals surface area contributed by atoms with E-state index in [0.29, 0.717) is 18.3 Å². The summed E-state index contributed by atoms with van der Waals surface area (Å²) in [6, 6.07) is 0. The normalized spacial score (nSPS) is 10.4. The van der Waals surface area contributed by atoms with Gasteiger partial charge in [-0.25, -0.2) is 9.97 Å². The summed E-state index contributed by atoms with van der Waals surface area (Å²) in [5, 5.41) is 0. The highest BCUT2D eigenvalue weighted by atomic mass is 16.5. The summed E-state index contributed by atoms with van der Waals surface area (Å²) in [5.41, 5.74) is 5.53. The van der Waals surface area contributed by atoms with E-state index in [1.165, 1.54) is 6.20 Å². The number of anilines is 1. The number of hydrogen-bond acceptors (Lipinski definition) is 5. The number of aromatic nitrogens is 2. The third kappa shape index (κ3) is 3.25. The number of nitrogens with zero attached hydrogens (tertiary/aromatic N) is 3. The minimum atomic E-state index is 0.334. The van der Waals surface area contributed by atoms with E-state index in [9.17, 15) is 0 Å². The van der Waals surface area contributed by atoms with E-state index in [-0.39, 0.29) is 0 Å². The molecule has 0 bridgehead atoms. The molecule has 1 aromatic rings. The van der Waals surface area contributed by atoms with Crippen LogP contribution in [0.3, 0.4) is 0 Å². The zero-order valence-corrected chi connectivity index (χ0v) is 7.90. The second-order valence-electron chi connectivity index (χ2n) is 2.90. The van der Waals surface area contributed by atoms with E-state index in [2.05, 4.69) is 9.97 Å². The molecule has 0 saturated carbocycles. The zero-order chi connectivity index (χ0) is 9.68. The van der Waals surface area contributed by atoms with Crippen LogP contribution in [0.1, 0.15) is 0 Å². The van der Waals surface area contributed by atoms with E-state index in [1.54, 1.807) is 6.20 Å². The lowest BCUT2D eigenvalue weighted by Gasteiger charge is -2.10. The van der Waals surface area contributed by atoms with Crippen LogP contribution in [0.2, 0.25) is 0 Å². The van der Waals surface area contributed by atoms with Gasteiger partial charge in [0.05, 0.1) is 0 Å². The zero-order valence-electron chi connectivity index (χ0n) is 7.90. The summed E-state index contributed by atoms with van der Waals surface area (Å²) >= 11 is 0. The average Bonchev–Trinajstić information content (AvgIpc) is 2.08. The van der Waals surface area contributed by atoms with Crippen LogP contribution in [-0.4, -0.2) is 42.1 Å². The fourth-order valence-electron chi connectivity index (χ4n) is 0.772. The molecule has 0 radical (unpaired) electrons. The van der Waals surface area contributed by atoms with Crippen molar-refractivity contribution >= 4 is 5.82 Å². The third-order valence-electron chi connectivity index (χ3n) is 1.47. The highest BCUT2D eigenvalue weighted by Crippen LogP contribution is 2.11. The van der Waals surface area contributed by atoms with Crippen LogP contribution >= 0.6 is 0 Å². The fourth-order valence-corrected chi connectivity index (χ4v) is 0.772. The lowest BCUT2D eigenvalue weighted by molar-refractivity contribution is 0.254. The van der Waals surface area contributed by atoms with Gasteiger partial charge < -0.3 is 15.4 Å². The maximum atomic E-state index is 5.53. The van der Waals surface area contributed by atoms with Crippen molar-refractivity contribution in [1.82, 2.24) is 14.9 Å². The molecular weight excluding hydrogens is 168 g/mol. The summed E-state index contributed by atoms with van der Waals surface area (Å²) in [6.07, 6.45) is 3.09. The smallest absolute Gasteiger partial charge is 0.257 e. The molecule has 5 nitrogen and oxygen atoms in total. The fraction of sp³-hybridized carbons (Fsp3) is 0.500. The molecule has 0 aromatic carbocycles. The lowest BCUT2D eigenvalue weighted by Crippen LogP contribution is -2.20. The molecule has 0 fully saturated rings. The molecule has 13 heavy (non-hydrogen) atoms. The van der Waals surface area contributed by atoms with Crippen molar-refractivity contribution in [3.8, 4) is 5.88 Å². The van der Waals surface area contributed by atoms with Crippen LogP contribution in [0.25, 0.3) is 0 Å². The molecule has 0 aliphatic carbocycles. The molecule has 0 unspecified atom stereocenters. The number of nitrogen functional groups attached to an aromatic ring is 1. The van der Waals surface area contributed by atoms with Crippen molar-refractivity contribution < 1.29 is 4.74 Å². The van der Waals surface area contributed by atoms with Crippen molar-refractivity contribution in [2.75, 3.05) is 33.0 Å². The Morgan fingerprint density at radius 3 is 2.69 bits per heavy atom. The van der Waals surface area contributed by atoms with Gasteiger partial charge in [0, 0.05) is 18.9 Å². The van der Waals surface area contributed by atoms with Gasteiger partial charge in [0.25, 0.3) is 5.88 Å². The predicted molar refractivity (Wildman–Crippen MR) is 50.5 cm³/mol. The van der Waals surface area contributed by atoms with Crippen LogP contribution in [0.4, 0.5) is 5.82 Å². The Balaban J connectivity index is 2.41. The Kier molecular flexibility index (Phi) is 3.45. The largest absolute Gasteiger partial charge is 0.474 e. The summed E-state index contributed by atoms with van der Waals surface area (Å²) in [5.74, 6) is 0.741. The topological polar surface area (TPSA) is 64.3 Å². The highest BCUT2D eigenvalue weighted by molar-refractivity contribution is 5.38. The second-order valence-corrected chi connectivity index (χ2v) is 2.90. The molecule has 0 aliphatic heterocycles. The molecule has 0 amide bonds. The Morgan fingerprint density at radius 1 is 1.38 bits per heavy atom. The van der Waals surface area contributed by atoms with Crippen molar-refractivity contribution in [3.63, 3.8) is 0 Å². The van der Waals surface area contributed by atoms with Crippen LogP contribution in [0.5, 0.6) is 5.88 Å². The molecule has 1 aromatic heterocycles. The molecular formula is C8H14N4O. The average molecular weight is 182 g/mol. The molecule has 0 aliphatic rings. The minimum Gasteiger partial charge on any atom is -0.474 e. The second kappa shape index (κ2) is 4.61. The first-order valence-electron chi connectivity index (χ1n) is 4.04. The van der Waals surface area contributed by atoms with E-state index in [1.807, 2.05) is 19.0 Å². The first-order valence-corrected chi connectivity index (χ1v) is 4.04. The minimum absolute atomic E-state index is 0.334. The highest BCUT2D eigenvalue weighted by Gasteiger charge is 2.00. The van der Waals surface area contributed by atoms with Gasteiger partial charge in [-0.3, -0.25) is 0 Å². The van der Waals surface area contributed by atoms with Gasteiger partial charge in [0.1, 0.15) is 6.61 Å². The van der Waals surface area contributed by atoms with E-state index >= 15 is 0 Å². The van der Waals surface area contributed by atoms with Crippen molar-refractivity contribution in [3.05, 3.63) is 12.4 Å². The van der Waals surface area contributed by atoms with Crippen LogP contribution in [0, 0.1) is 0 Å². The van der Waals surface area contributed by atoms with Crippen molar-refractivity contribution in [1.29, 1.82) is 0 Å². The molecule has 2 N–H and O–H groups in total. The summed E-state index contributed by atoms with van der Waals surface area (Å²) in [7, 11) is 3.95. The Hall–Kier alpha value is -1.36. The van der Waals surface area contributed by atoms with E-state index in [4.69, 9.17) is 10.5 Å². The maximum absolute atomic E-state index is 5.53. The third-order valence-corrected chi connectivity index (χ3v) is 1.47. The number of rotatable bonds is 4. The summed E-state index contributed by atoms with van der Waals surface area (Å²) in [4.78, 5) is 9.82. The molecule has 0 saturated heterocycles. The van der Waals surface area contributed by atoms with Gasteiger partial charge >= 0.3 is 0 Å². The Labute approximate surface area is 77.5 Å². The standard InChI is InChI=1S/C8H14N4O/c1-12(2)5-6-13-8-7(9)10-3-4-11-8/h3-4H,5-6H2,1-2H3,(H2,9,10). The van der Waals surface area contributed by atoms with Crippen LogP contribution in [0.15, 0.2) is 12.4 Å². The monoisotopic (exact) mass is 182 g/mol. The molecule has 1 heterocycles. The lowest BCUT2D eigenvalue weighted by atomic mass is 10.6. The number of ether oxygens (including phenoxy) is 1. The van der Waals surface area contributed by atoms with Gasteiger partial charge in [-0.15, -0.1) is 0 Å². The van der Waals surface area contributed by atoms with Gasteiger partial charge in [-0.1, -0.05) is 0 Å². The van der Waals surface area contributed by atoms with Crippen LogP contribution in [-0.2, 0) is 0 Å². The molecule has 5 heteroatoms. The molecule has 72 valence electrons. The number of nitrogens with two attached hydrogens (primary N) is 1. The van der Waals surface area contributed by atoms with Crippen molar-refractivity contribution in [2.24, 2.45) is 0 Å². The Morgan fingerprint density at radius 2 is 2.08 bits per heavy atom. The SMILES string of the molecule is CN(C)CCOc1nccnc1N.